The van der Waals surface area contributed by atoms with Crippen LogP contribution in [0.2, 0.25) is 0 Å². The van der Waals surface area contributed by atoms with E-state index in [4.69, 9.17) is 10.5 Å². The lowest BCUT2D eigenvalue weighted by atomic mass is 10.2. The molecule has 0 radical (unpaired) electrons. The van der Waals surface area contributed by atoms with Crippen molar-refractivity contribution in [3.05, 3.63) is 28.6 Å². The minimum atomic E-state index is -0.193. The number of nitrogens with one attached hydrogen (secondary N) is 2. The van der Waals surface area contributed by atoms with Gasteiger partial charge in [-0.1, -0.05) is 0 Å². The SMILES string of the molecule is COCCCNc1nc2ccc(N)cc2c(=O)[nH]1. The molecule has 6 heteroatoms. The molecule has 0 aliphatic heterocycles. The van der Waals surface area contributed by atoms with Crippen LogP contribution in [0.4, 0.5) is 11.6 Å². The Hall–Kier alpha value is -2.08. The zero-order valence-electron chi connectivity index (χ0n) is 10.2. The molecule has 18 heavy (non-hydrogen) atoms. The lowest BCUT2D eigenvalue weighted by Crippen LogP contribution is -2.14. The number of nitrogens with zero attached hydrogens (tertiary/aromatic N) is 1. The second kappa shape index (κ2) is 5.50. The Balaban J connectivity index is 2.21. The highest BCUT2D eigenvalue weighted by atomic mass is 16.5. The summed E-state index contributed by atoms with van der Waals surface area (Å²) in [4.78, 5) is 18.8. The normalized spacial score (nSPS) is 10.7. The van der Waals surface area contributed by atoms with E-state index in [-0.39, 0.29) is 5.56 Å². The number of nitrogen functional groups attached to an aromatic ring is 1. The Labute approximate surface area is 104 Å². The monoisotopic (exact) mass is 248 g/mol. The fraction of sp³-hybridized carbons (Fsp3) is 0.333. The van der Waals surface area contributed by atoms with Crippen LogP contribution in [0.5, 0.6) is 0 Å². The second-order valence-corrected chi connectivity index (χ2v) is 3.96. The first kappa shape index (κ1) is 12.4. The van der Waals surface area contributed by atoms with Crippen LogP contribution in [0.15, 0.2) is 23.0 Å². The third-order valence-corrected chi connectivity index (χ3v) is 2.55. The van der Waals surface area contributed by atoms with Gasteiger partial charge in [-0.25, -0.2) is 4.98 Å². The first-order valence-corrected chi connectivity index (χ1v) is 5.73. The van der Waals surface area contributed by atoms with E-state index >= 15 is 0 Å². The molecule has 0 saturated carbocycles. The van der Waals surface area contributed by atoms with E-state index in [0.717, 1.165) is 6.42 Å². The summed E-state index contributed by atoms with van der Waals surface area (Å²) in [6, 6.07) is 5.08. The average Bonchev–Trinajstić information content (AvgIpc) is 2.36. The van der Waals surface area contributed by atoms with Crippen LogP contribution in [0.1, 0.15) is 6.42 Å². The molecule has 0 fully saturated rings. The van der Waals surface area contributed by atoms with Crippen LogP contribution in [0.3, 0.4) is 0 Å². The number of aromatic nitrogens is 2. The molecule has 4 N–H and O–H groups in total. The van der Waals surface area contributed by atoms with Gasteiger partial charge in [0, 0.05) is 25.9 Å². The van der Waals surface area contributed by atoms with Gasteiger partial charge in [-0.05, 0) is 24.6 Å². The Bertz CT molecular complexity index is 594. The van der Waals surface area contributed by atoms with E-state index in [0.29, 0.717) is 35.7 Å². The summed E-state index contributed by atoms with van der Waals surface area (Å²) in [5, 5.41) is 3.55. The molecule has 1 aromatic heterocycles. The van der Waals surface area contributed by atoms with Gasteiger partial charge in [0.2, 0.25) is 5.95 Å². The van der Waals surface area contributed by atoms with Gasteiger partial charge in [-0.15, -0.1) is 0 Å². The number of anilines is 2. The third kappa shape index (κ3) is 2.78. The predicted molar refractivity (Wildman–Crippen MR) is 71.8 cm³/mol. The summed E-state index contributed by atoms with van der Waals surface area (Å²) in [6.45, 7) is 1.36. The fourth-order valence-electron chi connectivity index (χ4n) is 1.66. The number of nitrogens with two attached hydrogens (primary N) is 1. The Kier molecular flexibility index (Phi) is 3.78. The van der Waals surface area contributed by atoms with Crippen LogP contribution in [-0.2, 0) is 4.74 Å². The van der Waals surface area contributed by atoms with E-state index in [1.165, 1.54) is 0 Å². The van der Waals surface area contributed by atoms with Crippen LogP contribution in [0, 0.1) is 0 Å². The summed E-state index contributed by atoms with van der Waals surface area (Å²) in [5.74, 6) is 0.466. The van der Waals surface area contributed by atoms with Crippen molar-refractivity contribution in [2.45, 2.75) is 6.42 Å². The van der Waals surface area contributed by atoms with Crippen molar-refractivity contribution in [1.82, 2.24) is 9.97 Å². The topological polar surface area (TPSA) is 93.0 Å². The Morgan fingerprint density at radius 3 is 3.11 bits per heavy atom. The lowest BCUT2D eigenvalue weighted by Gasteiger charge is -2.06. The molecular weight excluding hydrogens is 232 g/mol. The summed E-state index contributed by atoms with van der Waals surface area (Å²) in [7, 11) is 1.65. The summed E-state index contributed by atoms with van der Waals surface area (Å²) >= 11 is 0. The molecule has 0 aliphatic carbocycles. The largest absolute Gasteiger partial charge is 0.399 e. The maximum atomic E-state index is 11.8. The molecule has 6 nitrogen and oxygen atoms in total. The molecule has 1 aromatic carbocycles. The van der Waals surface area contributed by atoms with Crippen LogP contribution in [0.25, 0.3) is 10.9 Å². The number of fused-ring (bicyclic) bond motifs is 1. The van der Waals surface area contributed by atoms with Crippen molar-refractivity contribution in [1.29, 1.82) is 0 Å². The minimum Gasteiger partial charge on any atom is -0.399 e. The van der Waals surface area contributed by atoms with E-state index in [1.54, 1.807) is 25.3 Å². The summed E-state index contributed by atoms with van der Waals surface area (Å²) in [5.41, 5.74) is 6.62. The first-order chi connectivity index (χ1) is 8.70. The van der Waals surface area contributed by atoms with Gasteiger partial charge < -0.3 is 15.8 Å². The van der Waals surface area contributed by atoms with Gasteiger partial charge in [-0.3, -0.25) is 9.78 Å². The number of H-pyrrole nitrogens is 1. The highest BCUT2D eigenvalue weighted by molar-refractivity contribution is 5.81. The van der Waals surface area contributed by atoms with Crippen molar-refractivity contribution in [2.24, 2.45) is 0 Å². The molecule has 0 bridgehead atoms. The number of hydrogen-bond acceptors (Lipinski definition) is 5. The van der Waals surface area contributed by atoms with Crippen molar-refractivity contribution in [3.63, 3.8) is 0 Å². The zero-order chi connectivity index (χ0) is 13.0. The summed E-state index contributed by atoms with van der Waals surface area (Å²) < 4.78 is 4.94. The third-order valence-electron chi connectivity index (χ3n) is 2.55. The number of aromatic amines is 1. The average molecular weight is 248 g/mol. The van der Waals surface area contributed by atoms with E-state index in [2.05, 4.69) is 15.3 Å². The molecule has 0 amide bonds. The van der Waals surface area contributed by atoms with Crippen molar-refractivity contribution in [2.75, 3.05) is 31.3 Å². The van der Waals surface area contributed by atoms with Gasteiger partial charge in [0.05, 0.1) is 10.9 Å². The number of methoxy groups -OCH3 is 1. The standard InChI is InChI=1S/C12H16N4O2/c1-18-6-2-5-14-12-15-10-4-3-8(13)7-9(10)11(17)16-12/h3-4,7H,2,5-6,13H2,1H3,(H2,14,15,16,17). The van der Waals surface area contributed by atoms with Gasteiger partial charge in [0.25, 0.3) is 5.56 Å². The van der Waals surface area contributed by atoms with E-state index < -0.39 is 0 Å². The Morgan fingerprint density at radius 2 is 2.33 bits per heavy atom. The van der Waals surface area contributed by atoms with Gasteiger partial charge in [-0.2, -0.15) is 0 Å². The molecule has 2 aromatic rings. The quantitative estimate of drug-likeness (QED) is 0.541. The van der Waals surface area contributed by atoms with Crippen LogP contribution in [-0.4, -0.2) is 30.2 Å². The highest BCUT2D eigenvalue weighted by Gasteiger charge is 2.03. The fourth-order valence-corrected chi connectivity index (χ4v) is 1.66. The minimum absolute atomic E-state index is 0.193. The lowest BCUT2D eigenvalue weighted by molar-refractivity contribution is 0.197. The number of benzene rings is 1. The molecule has 0 atom stereocenters. The highest BCUT2D eigenvalue weighted by Crippen LogP contribution is 2.12. The number of ether oxygens (including phenoxy) is 1. The van der Waals surface area contributed by atoms with E-state index in [9.17, 15) is 4.79 Å². The zero-order valence-corrected chi connectivity index (χ0v) is 10.2. The molecule has 96 valence electrons. The molecule has 0 saturated heterocycles. The molecule has 2 rings (SSSR count). The van der Waals surface area contributed by atoms with Gasteiger partial charge >= 0.3 is 0 Å². The van der Waals surface area contributed by atoms with Crippen molar-refractivity contribution in [3.8, 4) is 0 Å². The van der Waals surface area contributed by atoms with E-state index in [1.807, 2.05) is 0 Å². The molecule has 0 unspecified atom stereocenters. The molecule has 0 aliphatic rings. The van der Waals surface area contributed by atoms with Crippen molar-refractivity contribution < 1.29 is 4.74 Å². The number of hydrogen-bond donors (Lipinski definition) is 3. The van der Waals surface area contributed by atoms with Crippen molar-refractivity contribution >= 4 is 22.5 Å². The Morgan fingerprint density at radius 1 is 1.50 bits per heavy atom. The molecule has 1 heterocycles. The molecular formula is C12H16N4O2. The van der Waals surface area contributed by atoms with Crippen LogP contribution >= 0.6 is 0 Å². The second-order valence-electron chi connectivity index (χ2n) is 3.96. The number of rotatable bonds is 5. The van der Waals surface area contributed by atoms with Crippen LogP contribution < -0.4 is 16.6 Å². The molecule has 0 spiro atoms. The van der Waals surface area contributed by atoms with Gasteiger partial charge in [0.15, 0.2) is 0 Å². The van der Waals surface area contributed by atoms with Gasteiger partial charge in [0.1, 0.15) is 0 Å². The maximum absolute atomic E-state index is 11.8. The smallest absolute Gasteiger partial charge is 0.260 e. The maximum Gasteiger partial charge on any atom is 0.260 e. The predicted octanol–water partition coefficient (Wildman–Crippen LogP) is 0.954. The first-order valence-electron chi connectivity index (χ1n) is 5.73. The summed E-state index contributed by atoms with van der Waals surface area (Å²) in [6.07, 6.45) is 0.847.